The number of nitrogens with zero attached hydrogens (tertiary/aromatic N) is 1. The molecule has 2 rings (SSSR count). The summed E-state index contributed by atoms with van der Waals surface area (Å²) in [6, 6.07) is 9.45. The Kier molecular flexibility index (Phi) is 3.57. The molecule has 0 radical (unpaired) electrons. The number of rotatable bonds is 2. The van der Waals surface area contributed by atoms with Crippen molar-refractivity contribution < 1.29 is 4.79 Å². The van der Waals surface area contributed by atoms with E-state index in [1.165, 1.54) is 0 Å². The summed E-state index contributed by atoms with van der Waals surface area (Å²) >= 11 is 3.37. The first-order valence-electron chi connectivity index (χ1n) is 5.69. The van der Waals surface area contributed by atoms with E-state index in [4.69, 9.17) is 0 Å². The smallest absolute Gasteiger partial charge is 0.257 e. The molecule has 0 fully saturated rings. The van der Waals surface area contributed by atoms with Crippen LogP contribution in [-0.4, -0.2) is 10.5 Å². The molecule has 0 spiro atoms. The van der Waals surface area contributed by atoms with Gasteiger partial charge in [0.2, 0.25) is 0 Å². The highest BCUT2D eigenvalue weighted by Crippen LogP contribution is 2.17. The molecule has 3 nitrogen and oxygen atoms in total. The lowest BCUT2D eigenvalue weighted by Gasteiger charge is -2.05. The van der Waals surface area contributed by atoms with E-state index in [2.05, 4.69) is 21.2 Å². The van der Waals surface area contributed by atoms with Crippen molar-refractivity contribution in [3.63, 3.8) is 0 Å². The van der Waals surface area contributed by atoms with Crippen molar-refractivity contribution in [3.05, 3.63) is 51.8 Å². The van der Waals surface area contributed by atoms with E-state index in [1.807, 2.05) is 55.8 Å². The Morgan fingerprint density at radius 1 is 1.22 bits per heavy atom. The average molecular weight is 307 g/mol. The SMILES string of the molecule is Cc1cc(C(=O)Nc2ccc(Br)cc2)c(C)n1C. The normalized spacial score (nSPS) is 10.4. The first kappa shape index (κ1) is 12.9. The van der Waals surface area contributed by atoms with Gasteiger partial charge in [0.25, 0.3) is 5.91 Å². The van der Waals surface area contributed by atoms with Crippen molar-refractivity contribution in [2.75, 3.05) is 5.32 Å². The van der Waals surface area contributed by atoms with Gasteiger partial charge in [0.15, 0.2) is 0 Å². The first-order valence-corrected chi connectivity index (χ1v) is 6.48. The van der Waals surface area contributed by atoms with Crippen molar-refractivity contribution in [3.8, 4) is 0 Å². The zero-order chi connectivity index (χ0) is 13.3. The summed E-state index contributed by atoms with van der Waals surface area (Å²) in [7, 11) is 1.96. The summed E-state index contributed by atoms with van der Waals surface area (Å²) in [5, 5.41) is 2.89. The number of aryl methyl sites for hydroxylation is 1. The van der Waals surface area contributed by atoms with Gasteiger partial charge in [0.05, 0.1) is 5.56 Å². The lowest BCUT2D eigenvalue weighted by atomic mass is 10.2. The van der Waals surface area contributed by atoms with Gasteiger partial charge in [-0.05, 0) is 44.2 Å². The Balaban J connectivity index is 2.22. The van der Waals surface area contributed by atoms with Gasteiger partial charge in [-0.3, -0.25) is 4.79 Å². The molecule has 1 heterocycles. The molecule has 0 bridgehead atoms. The highest BCUT2D eigenvalue weighted by Gasteiger charge is 2.13. The summed E-state index contributed by atoms with van der Waals surface area (Å²) in [6.07, 6.45) is 0. The summed E-state index contributed by atoms with van der Waals surface area (Å²) < 4.78 is 3.00. The molecule has 0 aliphatic rings. The Bertz CT molecular complexity index is 585. The molecular formula is C14H15BrN2O. The topological polar surface area (TPSA) is 34.0 Å². The molecule has 18 heavy (non-hydrogen) atoms. The molecule has 4 heteroatoms. The third-order valence-electron chi connectivity index (χ3n) is 3.12. The fourth-order valence-corrected chi connectivity index (χ4v) is 2.08. The predicted octanol–water partition coefficient (Wildman–Crippen LogP) is 3.66. The first-order chi connectivity index (χ1) is 8.49. The number of aromatic nitrogens is 1. The number of carbonyl (C=O) groups is 1. The molecule has 0 unspecified atom stereocenters. The Hall–Kier alpha value is -1.55. The van der Waals surface area contributed by atoms with Gasteiger partial charge >= 0.3 is 0 Å². The fourth-order valence-electron chi connectivity index (χ4n) is 1.82. The van der Waals surface area contributed by atoms with Crippen molar-refractivity contribution in [1.82, 2.24) is 4.57 Å². The van der Waals surface area contributed by atoms with Crippen LogP contribution in [0, 0.1) is 13.8 Å². The monoisotopic (exact) mass is 306 g/mol. The molecule has 0 saturated heterocycles. The van der Waals surface area contributed by atoms with Crippen molar-refractivity contribution in [1.29, 1.82) is 0 Å². The second kappa shape index (κ2) is 4.98. The van der Waals surface area contributed by atoms with Gasteiger partial charge in [-0.2, -0.15) is 0 Å². The van der Waals surface area contributed by atoms with Crippen LogP contribution in [0.2, 0.25) is 0 Å². The van der Waals surface area contributed by atoms with Crippen LogP contribution < -0.4 is 5.32 Å². The van der Waals surface area contributed by atoms with Crippen LogP contribution >= 0.6 is 15.9 Å². The van der Waals surface area contributed by atoms with Crippen molar-refractivity contribution in [2.45, 2.75) is 13.8 Å². The number of hydrogen-bond acceptors (Lipinski definition) is 1. The van der Waals surface area contributed by atoms with Crippen LogP contribution in [0.5, 0.6) is 0 Å². The molecule has 0 saturated carbocycles. The quantitative estimate of drug-likeness (QED) is 0.902. The molecular weight excluding hydrogens is 292 g/mol. The second-order valence-corrected chi connectivity index (χ2v) is 5.22. The average Bonchev–Trinajstić information content (AvgIpc) is 2.60. The summed E-state index contributed by atoms with van der Waals surface area (Å²) in [6.45, 7) is 3.94. The zero-order valence-corrected chi connectivity index (χ0v) is 12.2. The van der Waals surface area contributed by atoms with Crippen LogP contribution in [0.3, 0.4) is 0 Å². The minimum Gasteiger partial charge on any atom is -0.351 e. The van der Waals surface area contributed by atoms with Gasteiger partial charge < -0.3 is 9.88 Å². The van der Waals surface area contributed by atoms with Crippen LogP contribution in [-0.2, 0) is 7.05 Å². The summed E-state index contributed by atoms with van der Waals surface area (Å²) in [5.74, 6) is -0.0708. The highest BCUT2D eigenvalue weighted by molar-refractivity contribution is 9.10. The molecule has 1 aromatic heterocycles. The van der Waals surface area contributed by atoms with E-state index in [9.17, 15) is 4.79 Å². The number of hydrogen-bond donors (Lipinski definition) is 1. The van der Waals surface area contributed by atoms with Gasteiger partial charge in [0, 0.05) is 28.6 Å². The van der Waals surface area contributed by atoms with Gasteiger partial charge in [-0.15, -0.1) is 0 Å². The second-order valence-electron chi connectivity index (χ2n) is 4.30. The lowest BCUT2D eigenvalue weighted by molar-refractivity contribution is 0.102. The molecule has 1 amide bonds. The summed E-state index contributed by atoms with van der Waals surface area (Å²) in [4.78, 5) is 12.1. The maximum Gasteiger partial charge on any atom is 0.257 e. The summed E-state index contributed by atoms with van der Waals surface area (Å²) in [5.41, 5.74) is 3.57. The highest BCUT2D eigenvalue weighted by atomic mass is 79.9. The molecule has 1 N–H and O–H groups in total. The molecule has 0 aliphatic carbocycles. The van der Waals surface area contributed by atoms with E-state index in [1.54, 1.807) is 0 Å². The van der Waals surface area contributed by atoms with E-state index in [0.29, 0.717) is 0 Å². The predicted molar refractivity (Wildman–Crippen MR) is 77.0 cm³/mol. The molecule has 0 aliphatic heterocycles. The van der Waals surface area contributed by atoms with Crippen LogP contribution in [0.25, 0.3) is 0 Å². The minimum atomic E-state index is -0.0708. The van der Waals surface area contributed by atoms with E-state index in [-0.39, 0.29) is 5.91 Å². The largest absolute Gasteiger partial charge is 0.351 e. The number of anilines is 1. The maximum absolute atomic E-state index is 12.1. The number of amides is 1. The number of benzene rings is 1. The van der Waals surface area contributed by atoms with E-state index in [0.717, 1.165) is 27.1 Å². The number of nitrogens with one attached hydrogen (secondary N) is 1. The molecule has 94 valence electrons. The van der Waals surface area contributed by atoms with E-state index < -0.39 is 0 Å². The molecule has 0 atom stereocenters. The lowest BCUT2D eigenvalue weighted by Crippen LogP contribution is -2.12. The number of halogens is 1. The molecule has 1 aromatic carbocycles. The standard InChI is InChI=1S/C14H15BrN2O/c1-9-8-13(10(2)17(9)3)14(18)16-12-6-4-11(15)5-7-12/h4-8H,1-3H3,(H,16,18). The maximum atomic E-state index is 12.1. The van der Waals surface area contributed by atoms with E-state index >= 15 is 0 Å². The van der Waals surface area contributed by atoms with Gasteiger partial charge in [-0.25, -0.2) is 0 Å². The van der Waals surface area contributed by atoms with Crippen molar-refractivity contribution >= 4 is 27.5 Å². The Morgan fingerprint density at radius 3 is 2.33 bits per heavy atom. The Labute approximate surface area is 115 Å². The Morgan fingerprint density at radius 2 is 1.83 bits per heavy atom. The fraction of sp³-hybridized carbons (Fsp3) is 0.214. The van der Waals surface area contributed by atoms with Crippen molar-refractivity contribution in [2.24, 2.45) is 7.05 Å². The van der Waals surface area contributed by atoms with Crippen LogP contribution in [0.1, 0.15) is 21.7 Å². The zero-order valence-electron chi connectivity index (χ0n) is 10.6. The van der Waals surface area contributed by atoms with Gasteiger partial charge in [-0.1, -0.05) is 15.9 Å². The third kappa shape index (κ3) is 2.48. The van der Waals surface area contributed by atoms with Crippen LogP contribution in [0.4, 0.5) is 5.69 Å². The van der Waals surface area contributed by atoms with Crippen LogP contribution in [0.15, 0.2) is 34.8 Å². The third-order valence-corrected chi connectivity index (χ3v) is 3.65. The number of carbonyl (C=O) groups excluding carboxylic acids is 1. The minimum absolute atomic E-state index is 0.0708. The van der Waals surface area contributed by atoms with Gasteiger partial charge in [0.1, 0.15) is 0 Å². The molecule has 2 aromatic rings.